The summed E-state index contributed by atoms with van der Waals surface area (Å²) in [6, 6.07) is 8.48. The second kappa shape index (κ2) is 5.09. The van der Waals surface area contributed by atoms with Gasteiger partial charge in [-0.2, -0.15) is 5.10 Å². The Morgan fingerprint density at radius 2 is 2.13 bits per heavy atom. The third kappa shape index (κ3) is 2.27. The number of aromatic nitrogens is 2. The largest absolute Gasteiger partial charge is 0.342 e. The third-order valence-electron chi connectivity index (χ3n) is 5.06. The lowest BCUT2D eigenvalue weighted by atomic mass is 9.81. The Morgan fingerprint density at radius 1 is 1.30 bits per heavy atom. The van der Waals surface area contributed by atoms with Crippen LogP contribution in [0.25, 0.3) is 0 Å². The van der Waals surface area contributed by atoms with E-state index in [2.05, 4.69) is 44.1 Å². The van der Waals surface area contributed by atoms with Gasteiger partial charge >= 0.3 is 0 Å². The molecule has 1 aromatic carbocycles. The summed E-state index contributed by atoms with van der Waals surface area (Å²) in [7, 11) is 1.94. The second-order valence-electron chi connectivity index (χ2n) is 6.57. The van der Waals surface area contributed by atoms with Gasteiger partial charge in [-0.15, -0.1) is 0 Å². The molecule has 0 bridgehead atoms. The van der Waals surface area contributed by atoms with Crippen LogP contribution in [0, 0.1) is 0 Å². The van der Waals surface area contributed by atoms with E-state index in [1.807, 2.05) is 28.9 Å². The molecule has 5 nitrogen and oxygen atoms in total. The molecule has 3 heterocycles. The van der Waals surface area contributed by atoms with E-state index in [1.165, 1.54) is 11.3 Å². The highest BCUT2D eigenvalue weighted by Crippen LogP contribution is 2.49. The summed E-state index contributed by atoms with van der Waals surface area (Å²) >= 11 is 3.60. The van der Waals surface area contributed by atoms with Crippen molar-refractivity contribution in [2.24, 2.45) is 7.05 Å². The molecule has 1 unspecified atom stereocenters. The van der Waals surface area contributed by atoms with Crippen molar-refractivity contribution >= 4 is 33.3 Å². The van der Waals surface area contributed by atoms with Crippen molar-refractivity contribution in [2.45, 2.75) is 18.8 Å². The number of hydrogen-bond donors (Lipinski definition) is 0. The molecule has 0 saturated carbocycles. The van der Waals surface area contributed by atoms with Crippen molar-refractivity contribution < 1.29 is 4.79 Å². The van der Waals surface area contributed by atoms with Crippen LogP contribution in [0.5, 0.6) is 0 Å². The van der Waals surface area contributed by atoms with Gasteiger partial charge in [0.1, 0.15) is 0 Å². The van der Waals surface area contributed by atoms with E-state index < -0.39 is 0 Å². The van der Waals surface area contributed by atoms with E-state index in [0.717, 1.165) is 36.3 Å². The number of amides is 1. The second-order valence-corrected chi connectivity index (χ2v) is 7.48. The maximum absolute atomic E-state index is 11.8. The zero-order valence-electron chi connectivity index (χ0n) is 13.3. The number of hydrogen-bond acceptors (Lipinski definition) is 3. The van der Waals surface area contributed by atoms with Gasteiger partial charge in [0, 0.05) is 61.4 Å². The molecule has 1 aromatic heterocycles. The summed E-state index contributed by atoms with van der Waals surface area (Å²) in [4.78, 5) is 16.1. The molecule has 1 spiro atoms. The number of aryl methyl sites for hydroxylation is 1. The van der Waals surface area contributed by atoms with Crippen LogP contribution in [0.1, 0.15) is 18.9 Å². The fourth-order valence-electron chi connectivity index (χ4n) is 3.88. The average Bonchev–Trinajstić information content (AvgIpc) is 3.19. The van der Waals surface area contributed by atoms with Gasteiger partial charge in [0.15, 0.2) is 5.82 Å². The zero-order chi connectivity index (χ0) is 16.2. The summed E-state index contributed by atoms with van der Waals surface area (Å²) < 4.78 is 2.91. The highest BCUT2D eigenvalue weighted by atomic mass is 79.9. The van der Waals surface area contributed by atoms with E-state index in [1.54, 1.807) is 6.92 Å². The molecular weight excluding hydrogens is 356 g/mol. The molecule has 2 aromatic rings. The Balaban J connectivity index is 1.79. The lowest BCUT2D eigenvalue weighted by Gasteiger charge is -2.25. The number of fused-ring (bicyclic) bond motifs is 2. The molecule has 1 amide bonds. The smallest absolute Gasteiger partial charge is 0.219 e. The van der Waals surface area contributed by atoms with Crippen LogP contribution in [0.3, 0.4) is 0 Å². The van der Waals surface area contributed by atoms with Crippen LogP contribution in [-0.4, -0.2) is 40.2 Å². The minimum absolute atomic E-state index is 0.00229. The van der Waals surface area contributed by atoms with Crippen LogP contribution in [0.15, 0.2) is 34.9 Å². The monoisotopic (exact) mass is 374 g/mol. The predicted molar refractivity (Wildman–Crippen MR) is 92.9 cm³/mol. The van der Waals surface area contributed by atoms with Crippen molar-refractivity contribution in [2.75, 3.05) is 24.5 Å². The summed E-state index contributed by atoms with van der Waals surface area (Å²) in [5.41, 5.74) is 2.53. The Bertz CT molecular complexity index is 787. The van der Waals surface area contributed by atoms with Gasteiger partial charge in [0.2, 0.25) is 5.91 Å². The van der Waals surface area contributed by atoms with E-state index in [0.29, 0.717) is 0 Å². The third-order valence-corrected chi connectivity index (χ3v) is 5.55. The number of rotatable bonds is 1. The minimum Gasteiger partial charge on any atom is -0.342 e. The number of benzene rings is 1. The molecule has 23 heavy (non-hydrogen) atoms. The topological polar surface area (TPSA) is 41.4 Å². The molecule has 1 saturated heterocycles. The van der Waals surface area contributed by atoms with Crippen molar-refractivity contribution in [1.82, 2.24) is 14.7 Å². The van der Waals surface area contributed by atoms with Gasteiger partial charge in [-0.1, -0.05) is 15.9 Å². The number of nitrogens with zero attached hydrogens (tertiary/aromatic N) is 4. The van der Waals surface area contributed by atoms with Crippen LogP contribution in [0.4, 0.5) is 11.5 Å². The molecule has 2 aliphatic rings. The SMILES string of the molecule is CC(=O)N1CCC2(C1)CN(c1ccn(C)n1)c1ccc(Br)cc12. The Morgan fingerprint density at radius 3 is 2.78 bits per heavy atom. The Labute approximate surface area is 144 Å². The summed E-state index contributed by atoms with van der Waals surface area (Å²) in [6.07, 6.45) is 2.97. The molecule has 6 heteroatoms. The van der Waals surface area contributed by atoms with Gasteiger partial charge in [-0.05, 0) is 30.2 Å². The standard InChI is InChI=1S/C17H19BrN4O/c1-12(23)21-8-6-17(10-21)11-22(16-5-7-20(2)19-16)15-4-3-13(18)9-14(15)17/h3-5,7,9H,6,8,10-11H2,1-2H3. The van der Waals surface area contributed by atoms with Gasteiger partial charge in [0.25, 0.3) is 0 Å². The minimum atomic E-state index is 0.00229. The summed E-state index contributed by atoms with van der Waals surface area (Å²) in [5, 5.41) is 4.57. The van der Waals surface area contributed by atoms with Crippen molar-refractivity contribution in [3.8, 4) is 0 Å². The Kier molecular flexibility index (Phi) is 3.27. The van der Waals surface area contributed by atoms with E-state index in [9.17, 15) is 4.79 Å². The van der Waals surface area contributed by atoms with Crippen LogP contribution in [-0.2, 0) is 17.3 Å². The predicted octanol–water partition coefficient (Wildman–Crippen LogP) is 2.82. The first-order valence-electron chi connectivity index (χ1n) is 7.81. The highest BCUT2D eigenvalue weighted by molar-refractivity contribution is 9.10. The molecule has 0 N–H and O–H groups in total. The molecule has 120 valence electrons. The van der Waals surface area contributed by atoms with Crippen molar-refractivity contribution in [1.29, 1.82) is 0 Å². The molecule has 1 atom stereocenters. The highest BCUT2D eigenvalue weighted by Gasteiger charge is 2.48. The number of likely N-dealkylation sites (tertiary alicyclic amines) is 1. The first-order chi connectivity index (χ1) is 11.0. The van der Waals surface area contributed by atoms with E-state index in [4.69, 9.17) is 0 Å². The first kappa shape index (κ1) is 14.8. The molecule has 0 aliphatic carbocycles. The number of halogens is 1. The number of carbonyl (C=O) groups excluding carboxylic acids is 1. The molecule has 0 radical (unpaired) electrons. The van der Waals surface area contributed by atoms with Gasteiger partial charge in [-0.25, -0.2) is 0 Å². The fraction of sp³-hybridized carbons (Fsp3) is 0.412. The van der Waals surface area contributed by atoms with E-state index in [-0.39, 0.29) is 11.3 Å². The van der Waals surface area contributed by atoms with E-state index >= 15 is 0 Å². The maximum Gasteiger partial charge on any atom is 0.219 e. The lowest BCUT2D eigenvalue weighted by molar-refractivity contribution is -0.127. The first-order valence-corrected chi connectivity index (χ1v) is 8.61. The molecular formula is C17H19BrN4O. The van der Waals surface area contributed by atoms with Gasteiger partial charge in [0.05, 0.1) is 0 Å². The quantitative estimate of drug-likeness (QED) is 0.770. The Hall–Kier alpha value is -1.82. The lowest BCUT2D eigenvalue weighted by Crippen LogP contribution is -2.36. The molecule has 2 aliphatic heterocycles. The van der Waals surface area contributed by atoms with Crippen LogP contribution in [0.2, 0.25) is 0 Å². The fourth-order valence-corrected chi connectivity index (χ4v) is 4.24. The summed E-state index contributed by atoms with van der Waals surface area (Å²) in [6.45, 7) is 4.15. The number of carbonyl (C=O) groups is 1. The zero-order valence-corrected chi connectivity index (χ0v) is 14.9. The molecule has 1 fully saturated rings. The van der Waals surface area contributed by atoms with Crippen LogP contribution < -0.4 is 4.90 Å². The van der Waals surface area contributed by atoms with Crippen LogP contribution >= 0.6 is 15.9 Å². The average molecular weight is 375 g/mol. The van der Waals surface area contributed by atoms with Gasteiger partial charge in [-0.3, -0.25) is 9.48 Å². The normalized spacial score (nSPS) is 22.9. The summed E-state index contributed by atoms with van der Waals surface area (Å²) in [5.74, 6) is 1.13. The van der Waals surface area contributed by atoms with Crippen molar-refractivity contribution in [3.63, 3.8) is 0 Å². The number of anilines is 2. The maximum atomic E-state index is 11.8. The van der Waals surface area contributed by atoms with Crippen molar-refractivity contribution in [3.05, 3.63) is 40.5 Å². The van der Waals surface area contributed by atoms with Gasteiger partial charge < -0.3 is 9.80 Å². The molecule has 4 rings (SSSR count).